The molecule has 3 heterocycles. The fourth-order valence-electron chi connectivity index (χ4n) is 1.85. The van der Waals surface area contributed by atoms with E-state index >= 15 is 0 Å². The predicted molar refractivity (Wildman–Crippen MR) is 84.1 cm³/mol. The first kappa shape index (κ1) is 16.3. The van der Waals surface area contributed by atoms with E-state index in [1.54, 1.807) is 11.3 Å². The minimum absolute atomic E-state index is 0.0391. The summed E-state index contributed by atoms with van der Waals surface area (Å²) in [5.41, 5.74) is 0.898. The van der Waals surface area contributed by atoms with Crippen LogP contribution in [0, 0.1) is 0 Å². The van der Waals surface area contributed by atoms with Crippen molar-refractivity contribution >= 4 is 17.3 Å². The number of thiophene rings is 1. The lowest BCUT2D eigenvalue weighted by Crippen LogP contribution is -2.06. The molecule has 24 heavy (non-hydrogen) atoms. The Hall–Kier alpha value is -2.55. The molecule has 0 bridgehead atoms. The van der Waals surface area contributed by atoms with Crippen LogP contribution in [0.15, 0.2) is 25.9 Å². The van der Waals surface area contributed by atoms with Crippen molar-refractivity contribution < 1.29 is 18.6 Å². The zero-order valence-corrected chi connectivity index (χ0v) is 14.1. The van der Waals surface area contributed by atoms with Crippen molar-refractivity contribution in [2.24, 2.45) is 0 Å². The molecule has 0 N–H and O–H groups in total. The van der Waals surface area contributed by atoms with Crippen LogP contribution in [0.2, 0.25) is 0 Å². The highest BCUT2D eigenvalue weighted by Gasteiger charge is 2.14. The van der Waals surface area contributed by atoms with Gasteiger partial charge in [-0.3, -0.25) is 4.79 Å². The standard InChI is InChI=1S/C15H16N4O4S/c1-9(2)14-17-12(23-18-14)7-21-13(20)4-3-11-16-15(19-22-11)10-5-6-24-8-10/h5-6,8-9H,3-4,7H2,1-2H3. The minimum atomic E-state index is -0.394. The maximum absolute atomic E-state index is 11.8. The second kappa shape index (κ2) is 7.35. The molecule has 3 aromatic rings. The lowest BCUT2D eigenvalue weighted by molar-refractivity contribution is -0.145. The average Bonchev–Trinajstić information content (AvgIpc) is 3.31. The number of hydrogen-bond acceptors (Lipinski definition) is 9. The van der Waals surface area contributed by atoms with E-state index in [2.05, 4.69) is 20.3 Å². The molecule has 0 amide bonds. The molecule has 0 atom stereocenters. The van der Waals surface area contributed by atoms with Gasteiger partial charge in [0.1, 0.15) is 0 Å². The first-order valence-corrected chi connectivity index (χ1v) is 8.39. The van der Waals surface area contributed by atoms with Gasteiger partial charge in [-0.2, -0.15) is 21.3 Å². The Kier molecular flexibility index (Phi) is 4.99. The zero-order valence-electron chi connectivity index (χ0n) is 13.3. The Balaban J connectivity index is 1.45. The molecule has 0 aromatic carbocycles. The second-order valence-electron chi connectivity index (χ2n) is 5.39. The van der Waals surface area contributed by atoms with E-state index in [9.17, 15) is 4.79 Å². The Bertz CT molecular complexity index is 794. The second-order valence-corrected chi connectivity index (χ2v) is 6.17. The molecule has 3 rings (SSSR count). The number of esters is 1. The molecule has 3 aromatic heterocycles. The lowest BCUT2D eigenvalue weighted by atomic mass is 10.2. The molecule has 0 aliphatic rings. The summed E-state index contributed by atoms with van der Waals surface area (Å²) in [6, 6.07) is 1.91. The molecule has 0 radical (unpaired) electrons. The molecule has 0 unspecified atom stereocenters. The van der Waals surface area contributed by atoms with E-state index in [-0.39, 0.29) is 24.8 Å². The molecule has 8 nitrogen and oxygen atoms in total. The third-order valence-corrected chi connectivity index (χ3v) is 3.83. The van der Waals surface area contributed by atoms with Crippen molar-refractivity contribution in [2.45, 2.75) is 39.2 Å². The molecular formula is C15H16N4O4S. The largest absolute Gasteiger partial charge is 0.456 e. The van der Waals surface area contributed by atoms with Crippen molar-refractivity contribution in [1.82, 2.24) is 20.3 Å². The molecule has 0 aliphatic carbocycles. The Morgan fingerprint density at radius 1 is 1.25 bits per heavy atom. The van der Waals surface area contributed by atoms with E-state index < -0.39 is 5.97 Å². The SMILES string of the molecule is CC(C)c1noc(COC(=O)CCc2nc(-c3ccsc3)no2)n1. The molecule has 9 heteroatoms. The molecular weight excluding hydrogens is 332 g/mol. The first-order chi connectivity index (χ1) is 11.6. The van der Waals surface area contributed by atoms with Gasteiger partial charge in [0.15, 0.2) is 12.4 Å². The molecule has 0 fully saturated rings. The first-order valence-electron chi connectivity index (χ1n) is 7.45. The monoisotopic (exact) mass is 348 g/mol. The van der Waals surface area contributed by atoms with Crippen LogP contribution in [-0.4, -0.2) is 26.3 Å². The van der Waals surface area contributed by atoms with Crippen LogP contribution in [-0.2, 0) is 22.6 Å². The normalized spacial score (nSPS) is 11.1. The lowest BCUT2D eigenvalue weighted by Gasteiger charge is -1.99. The van der Waals surface area contributed by atoms with Crippen LogP contribution in [0.25, 0.3) is 11.4 Å². The zero-order chi connectivity index (χ0) is 16.9. The summed E-state index contributed by atoms with van der Waals surface area (Å²) < 4.78 is 15.2. The van der Waals surface area contributed by atoms with E-state index in [4.69, 9.17) is 13.8 Å². The number of carbonyl (C=O) groups excluding carboxylic acids is 1. The fourth-order valence-corrected chi connectivity index (χ4v) is 2.48. The van der Waals surface area contributed by atoms with Crippen molar-refractivity contribution in [3.63, 3.8) is 0 Å². The highest BCUT2D eigenvalue weighted by atomic mass is 32.1. The number of aromatic nitrogens is 4. The maximum atomic E-state index is 11.8. The van der Waals surface area contributed by atoms with Crippen LogP contribution in [0.4, 0.5) is 0 Å². The van der Waals surface area contributed by atoms with Crippen LogP contribution >= 0.6 is 11.3 Å². The summed E-state index contributed by atoms with van der Waals surface area (Å²) in [5, 5.41) is 11.6. The van der Waals surface area contributed by atoms with E-state index in [1.165, 1.54) is 0 Å². The van der Waals surface area contributed by atoms with Gasteiger partial charge in [0.05, 0.1) is 6.42 Å². The number of carbonyl (C=O) groups is 1. The summed E-state index contributed by atoms with van der Waals surface area (Å²) in [5.74, 6) is 1.56. The summed E-state index contributed by atoms with van der Waals surface area (Å²) in [4.78, 5) is 20.1. The van der Waals surface area contributed by atoms with Gasteiger partial charge in [-0.15, -0.1) is 0 Å². The molecule has 0 aliphatic heterocycles. The fraction of sp³-hybridized carbons (Fsp3) is 0.400. The van der Waals surface area contributed by atoms with Gasteiger partial charge in [0.2, 0.25) is 11.7 Å². The number of aryl methyl sites for hydroxylation is 1. The van der Waals surface area contributed by atoms with Gasteiger partial charge in [0, 0.05) is 23.3 Å². The van der Waals surface area contributed by atoms with Gasteiger partial charge < -0.3 is 13.8 Å². The minimum Gasteiger partial charge on any atom is -0.456 e. The third-order valence-electron chi connectivity index (χ3n) is 3.15. The number of nitrogens with zero attached hydrogens (tertiary/aromatic N) is 4. The van der Waals surface area contributed by atoms with Gasteiger partial charge in [-0.25, -0.2) is 0 Å². The molecule has 0 spiro atoms. The highest BCUT2D eigenvalue weighted by Crippen LogP contribution is 2.19. The molecule has 0 saturated heterocycles. The predicted octanol–water partition coefficient (Wildman–Crippen LogP) is 2.98. The van der Waals surface area contributed by atoms with Crippen LogP contribution in [0.5, 0.6) is 0 Å². The van der Waals surface area contributed by atoms with Crippen LogP contribution < -0.4 is 0 Å². The molecule has 0 saturated carbocycles. The van der Waals surface area contributed by atoms with Gasteiger partial charge in [-0.05, 0) is 11.4 Å². The maximum Gasteiger partial charge on any atom is 0.306 e. The van der Waals surface area contributed by atoms with Gasteiger partial charge in [-0.1, -0.05) is 24.2 Å². The average molecular weight is 348 g/mol. The Morgan fingerprint density at radius 2 is 2.08 bits per heavy atom. The topological polar surface area (TPSA) is 104 Å². The number of hydrogen-bond donors (Lipinski definition) is 0. The van der Waals surface area contributed by atoms with Crippen molar-refractivity contribution in [1.29, 1.82) is 0 Å². The molecule has 126 valence electrons. The highest BCUT2D eigenvalue weighted by molar-refractivity contribution is 7.08. The van der Waals surface area contributed by atoms with E-state index in [0.29, 0.717) is 24.0 Å². The summed E-state index contributed by atoms with van der Waals surface area (Å²) in [6.45, 7) is 3.87. The van der Waals surface area contributed by atoms with Gasteiger partial charge in [0.25, 0.3) is 5.89 Å². The summed E-state index contributed by atoms with van der Waals surface area (Å²) >= 11 is 1.55. The van der Waals surface area contributed by atoms with E-state index in [1.807, 2.05) is 30.7 Å². The Labute approximate surface area is 141 Å². The number of rotatable bonds is 7. The number of ether oxygens (including phenoxy) is 1. The van der Waals surface area contributed by atoms with Crippen LogP contribution in [0.1, 0.15) is 43.8 Å². The van der Waals surface area contributed by atoms with Crippen LogP contribution in [0.3, 0.4) is 0 Å². The smallest absolute Gasteiger partial charge is 0.306 e. The van der Waals surface area contributed by atoms with E-state index in [0.717, 1.165) is 5.56 Å². The van der Waals surface area contributed by atoms with Crippen molar-refractivity contribution in [3.8, 4) is 11.4 Å². The third kappa shape index (κ3) is 4.05. The van der Waals surface area contributed by atoms with Crippen molar-refractivity contribution in [3.05, 3.63) is 34.4 Å². The van der Waals surface area contributed by atoms with Gasteiger partial charge >= 0.3 is 5.97 Å². The summed E-state index contributed by atoms with van der Waals surface area (Å²) in [6.07, 6.45) is 0.452. The summed E-state index contributed by atoms with van der Waals surface area (Å²) in [7, 11) is 0. The quantitative estimate of drug-likeness (QED) is 0.600. The Morgan fingerprint density at radius 3 is 2.79 bits per heavy atom. The van der Waals surface area contributed by atoms with Crippen molar-refractivity contribution in [2.75, 3.05) is 0 Å².